The van der Waals surface area contributed by atoms with E-state index in [1.807, 2.05) is 36.5 Å². The molecule has 0 aliphatic heterocycles. The van der Waals surface area contributed by atoms with Crippen molar-refractivity contribution < 1.29 is 9.21 Å². The number of aromatic amines is 2. The van der Waals surface area contributed by atoms with Crippen molar-refractivity contribution in [2.45, 2.75) is 13.3 Å². The van der Waals surface area contributed by atoms with Gasteiger partial charge in [-0.2, -0.15) is 5.10 Å². The highest BCUT2D eigenvalue weighted by Gasteiger charge is 2.16. The van der Waals surface area contributed by atoms with Crippen LogP contribution in [0, 0.1) is 0 Å². The zero-order chi connectivity index (χ0) is 23.1. The standard InChI is InChI=1S/C25H19N7O2/c1-2-23(33)28-16-7-15(9-26-10-16)19-3-4-20-24(30-19)25(32-31-20)21-8-17-18(14-5-6-34-13-14)11-27-12-22(17)29-21/h3-13,29H,2H2,1H3,(H,28,33)(H,31,32). The number of furan rings is 1. The predicted molar refractivity (Wildman–Crippen MR) is 129 cm³/mol. The molecule has 6 heterocycles. The molecule has 0 saturated heterocycles. The molecule has 6 rings (SSSR count). The highest BCUT2D eigenvalue weighted by atomic mass is 16.3. The number of H-pyrrole nitrogens is 2. The van der Waals surface area contributed by atoms with Gasteiger partial charge in [0.15, 0.2) is 0 Å². The van der Waals surface area contributed by atoms with Gasteiger partial charge in [0.05, 0.1) is 53.0 Å². The van der Waals surface area contributed by atoms with Gasteiger partial charge in [0.25, 0.3) is 0 Å². The summed E-state index contributed by atoms with van der Waals surface area (Å²) in [4.78, 5) is 28.7. The minimum Gasteiger partial charge on any atom is -0.472 e. The summed E-state index contributed by atoms with van der Waals surface area (Å²) in [5.41, 5.74) is 8.05. The van der Waals surface area contributed by atoms with Crippen LogP contribution in [0.15, 0.2) is 72.1 Å². The first kappa shape index (κ1) is 19.9. The normalized spacial score (nSPS) is 11.3. The fraction of sp³-hybridized carbons (Fsp3) is 0.0800. The Morgan fingerprint density at radius 1 is 1.03 bits per heavy atom. The lowest BCUT2D eigenvalue weighted by Gasteiger charge is -2.06. The van der Waals surface area contributed by atoms with Crippen LogP contribution in [0.2, 0.25) is 0 Å². The van der Waals surface area contributed by atoms with E-state index < -0.39 is 0 Å². The van der Waals surface area contributed by atoms with Crippen LogP contribution in [0.5, 0.6) is 0 Å². The lowest BCUT2D eigenvalue weighted by Crippen LogP contribution is -2.09. The highest BCUT2D eigenvalue weighted by molar-refractivity contribution is 6.00. The fourth-order valence-electron chi connectivity index (χ4n) is 3.97. The molecule has 3 N–H and O–H groups in total. The number of rotatable bonds is 5. The Labute approximate surface area is 193 Å². The molecule has 9 heteroatoms. The molecule has 166 valence electrons. The van der Waals surface area contributed by atoms with Gasteiger partial charge in [-0.1, -0.05) is 6.92 Å². The summed E-state index contributed by atoms with van der Waals surface area (Å²) in [6.45, 7) is 1.81. The molecule has 0 saturated carbocycles. The van der Waals surface area contributed by atoms with Gasteiger partial charge in [-0.15, -0.1) is 0 Å². The molecule has 0 spiro atoms. The first-order valence-corrected chi connectivity index (χ1v) is 10.8. The van der Waals surface area contributed by atoms with Crippen LogP contribution in [0.25, 0.3) is 55.7 Å². The van der Waals surface area contributed by atoms with Gasteiger partial charge in [-0.3, -0.25) is 19.9 Å². The quantitative estimate of drug-likeness (QED) is 0.333. The fourth-order valence-corrected chi connectivity index (χ4v) is 3.97. The maximum Gasteiger partial charge on any atom is 0.224 e. The van der Waals surface area contributed by atoms with E-state index in [1.165, 1.54) is 0 Å². The summed E-state index contributed by atoms with van der Waals surface area (Å²) in [6, 6.07) is 9.66. The van der Waals surface area contributed by atoms with Crippen molar-refractivity contribution >= 4 is 33.5 Å². The Morgan fingerprint density at radius 2 is 1.94 bits per heavy atom. The smallest absolute Gasteiger partial charge is 0.224 e. The summed E-state index contributed by atoms with van der Waals surface area (Å²) in [7, 11) is 0. The van der Waals surface area contributed by atoms with Crippen molar-refractivity contribution in [3.63, 3.8) is 0 Å². The summed E-state index contributed by atoms with van der Waals surface area (Å²) >= 11 is 0. The van der Waals surface area contributed by atoms with E-state index in [4.69, 9.17) is 9.40 Å². The minimum atomic E-state index is -0.0671. The number of fused-ring (bicyclic) bond motifs is 2. The third-order valence-corrected chi connectivity index (χ3v) is 5.68. The van der Waals surface area contributed by atoms with Crippen LogP contribution in [-0.4, -0.2) is 36.0 Å². The number of hydrogen-bond acceptors (Lipinski definition) is 6. The molecular weight excluding hydrogens is 430 g/mol. The van der Waals surface area contributed by atoms with Crippen molar-refractivity contribution in [1.29, 1.82) is 0 Å². The number of nitrogens with one attached hydrogen (secondary N) is 3. The third kappa shape index (κ3) is 3.39. The number of nitrogens with zero attached hydrogens (tertiary/aromatic N) is 4. The Balaban J connectivity index is 1.43. The zero-order valence-electron chi connectivity index (χ0n) is 18.2. The largest absolute Gasteiger partial charge is 0.472 e. The average Bonchev–Trinajstić information content (AvgIpc) is 3.62. The molecule has 0 aliphatic carbocycles. The average molecular weight is 449 g/mol. The Bertz CT molecular complexity index is 1650. The molecule has 0 bridgehead atoms. The van der Waals surface area contributed by atoms with Crippen LogP contribution in [-0.2, 0) is 4.79 Å². The molecule has 0 radical (unpaired) electrons. The Hall–Kier alpha value is -4.79. The molecule has 6 aromatic rings. The highest BCUT2D eigenvalue weighted by Crippen LogP contribution is 2.33. The van der Waals surface area contributed by atoms with Gasteiger partial charge in [0.1, 0.15) is 11.2 Å². The van der Waals surface area contributed by atoms with Crippen LogP contribution in [0.1, 0.15) is 13.3 Å². The Morgan fingerprint density at radius 3 is 2.79 bits per heavy atom. The summed E-state index contributed by atoms with van der Waals surface area (Å²) < 4.78 is 5.25. The van der Waals surface area contributed by atoms with Gasteiger partial charge in [-0.05, 0) is 30.3 Å². The molecule has 0 fully saturated rings. The van der Waals surface area contributed by atoms with Crippen LogP contribution in [0.3, 0.4) is 0 Å². The molecule has 6 aromatic heterocycles. The molecule has 9 nitrogen and oxygen atoms in total. The number of anilines is 1. The zero-order valence-corrected chi connectivity index (χ0v) is 18.2. The van der Waals surface area contributed by atoms with E-state index in [0.717, 1.165) is 50.0 Å². The number of aromatic nitrogens is 6. The van der Waals surface area contributed by atoms with Crippen LogP contribution >= 0.6 is 0 Å². The molecule has 0 atom stereocenters. The first-order chi connectivity index (χ1) is 16.7. The lowest BCUT2D eigenvalue weighted by atomic mass is 10.1. The van der Waals surface area contributed by atoms with Gasteiger partial charge in [0.2, 0.25) is 5.91 Å². The molecule has 1 amide bonds. The summed E-state index contributed by atoms with van der Waals surface area (Å²) in [6.07, 6.45) is 10.7. The minimum absolute atomic E-state index is 0.0671. The SMILES string of the molecule is CCC(=O)Nc1cncc(-c2ccc3[nH]nc(-c4cc5c(-c6ccoc6)cncc5[nH]4)c3n2)c1. The molecular formula is C25H19N7O2. The van der Waals surface area contributed by atoms with Gasteiger partial charge >= 0.3 is 0 Å². The van der Waals surface area contributed by atoms with Crippen molar-refractivity contribution in [3.8, 4) is 33.8 Å². The van der Waals surface area contributed by atoms with Crippen molar-refractivity contribution in [2.24, 2.45) is 0 Å². The van der Waals surface area contributed by atoms with E-state index >= 15 is 0 Å². The molecule has 0 aliphatic rings. The molecule has 0 aromatic carbocycles. The first-order valence-electron chi connectivity index (χ1n) is 10.8. The monoisotopic (exact) mass is 449 g/mol. The second kappa shape index (κ2) is 7.96. The third-order valence-electron chi connectivity index (χ3n) is 5.68. The van der Waals surface area contributed by atoms with Crippen molar-refractivity contribution in [2.75, 3.05) is 5.32 Å². The van der Waals surface area contributed by atoms with Gasteiger partial charge in [0, 0.05) is 40.9 Å². The van der Waals surface area contributed by atoms with E-state index in [1.54, 1.807) is 38.0 Å². The van der Waals surface area contributed by atoms with Crippen LogP contribution < -0.4 is 5.32 Å². The van der Waals surface area contributed by atoms with E-state index in [9.17, 15) is 4.79 Å². The number of pyridine rings is 3. The maximum absolute atomic E-state index is 11.8. The predicted octanol–water partition coefficient (Wildman–Crippen LogP) is 5.17. The topological polar surface area (TPSA) is 125 Å². The van der Waals surface area contributed by atoms with Crippen molar-refractivity contribution in [3.05, 3.63) is 67.6 Å². The lowest BCUT2D eigenvalue weighted by molar-refractivity contribution is -0.115. The summed E-state index contributed by atoms with van der Waals surface area (Å²) in [5, 5.41) is 11.4. The van der Waals surface area contributed by atoms with E-state index in [0.29, 0.717) is 17.8 Å². The van der Waals surface area contributed by atoms with Gasteiger partial charge < -0.3 is 14.7 Å². The summed E-state index contributed by atoms with van der Waals surface area (Å²) in [5.74, 6) is -0.0671. The van der Waals surface area contributed by atoms with Crippen molar-refractivity contribution in [1.82, 2.24) is 30.1 Å². The number of carbonyl (C=O) groups excluding carboxylic acids is 1. The number of hydrogen-bond donors (Lipinski definition) is 3. The van der Waals surface area contributed by atoms with E-state index in [-0.39, 0.29) is 5.91 Å². The maximum atomic E-state index is 11.8. The molecule has 34 heavy (non-hydrogen) atoms. The van der Waals surface area contributed by atoms with Gasteiger partial charge in [-0.25, -0.2) is 4.98 Å². The Kier molecular flexibility index (Phi) is 4.65. The second-order valence-corrected chi connectivity index (χ2v) is 7.87. The van der Waals surface area contributed by atoms with Crippen LogP contribution in [0.4, 0.5) is 5.69 Å². The second-order valence-electron chi connectivity index (χ2n) is 7.87. The molecule has 0 unspecified atom stereocenters. The number of amides is 1. The van der Waals surface area contributed by atoms with E-state index in [2.05, 4.69) is 30.5 Å². The number of carbonyl (C=O) groups is 1.